The lowest BCUT2D eigenvalue weighted by Crippen LogP contribution is -2.13. The van der Waals surface area contributed by atoms with Crippen LogP contribution in [-0.4, -0.2) is 5.91 Å². The molecule has 19 heavy (non-hydrogen) atoms. The Morgan fingerprint density at radius 2 is 2.26 bits per heavy atom. The summed E-state index contributed by atoms with van der Waals surface area (Å²) >= 11 is 5.68. The molecular weight excluding hydrogens is 271 g/mol. The number of hydrogen-bond acceptors (Lipinski definition) is 3. The summed E-state index contributed by atoms with van der Waals surface area (Å²) in [5, 5.41) is 11.2. The molecule has 0 atom stereocenters. The van der Waals surface area contributed by atoms with Crippen LogP contribution in [0, 0.1) is 24.1 Å². The van der Waals surface area contributed by atoms with E-state index in [0.717, 1.165) is 6.07 Å². The molecule has 2 aromatic rings. The van der Waals surface area contributed by atoms with Gasteiger partial charge in [0, 0.05) is 11.3 Å². The lowest BCUT2D eigenvalue weighted by Gasteiger charge is -2.09. The molecule has 0 aliphatic heterocycles. The summed E-state index contributed by atoms with van der Waals surface area (Å²) in [7, 11) is 0. The van der Waals surface area contributed by atoms with Crippen molar-refractivity contribution in [2.75, 3.05) is 5.32 Å². The number of rotatable bonds is 2. The number of furan rings is 1. The third-order valence-electron chi connectivity index (χ3n) is 2.58. The number of nitrogens with one attached hydrogen (secondary N) is 1. The normalized spacial score (nSPS) is 10.0. The number of halogens is 2. The SMILES string of the molecule is Cc1c(F)cc(C#N)cc1NC(=O)c1ccoc1Cl. The zero-order valence-electron chi connectivity index (χ0n) is 9.83. The van der Waals surface area contributed by atoms with Gasteiger partial charge in [0.15, 0.2) is 0 Å². The van der Waals surface area contributed by atoms with Crippen molar-refractivity contribution in [1.29, 1.82) is 5.26 Å². The van der Waals surface area contributed by atoms with Crippen LogP contribution in [0.5, 0.6) is 0 Å². The molecule has 96 valence electrons. The lowest BCUT2D eigenvalue weighted by molar-refractivity contribution is 0.102. The van der Waals surface area contributed by atoms with Crippen molar-refractivity contribution in [1.82, 2.24) is 0 Å². The van der Waals surface area contributed by atoms with Gasteiger partial charge in [0.2, 0.25) is 5.22 Å². The largest absolute Gasteiger partial charge is 0.452 e. The van der Waals surface area contributed by atoms with Crippen LogP contribution in [0.15, 0.2) is 28.9 Å². The molecule has 1 aromatic heterocycles. The molecule has 0 saturated heterocycles. The molecule has 1 aromatic carbocycles. The highest BCUT2D eigenvalue weighted by atomic mass is 35.5. The quantitative estimate of drug-likeness (QED) is 0.914. The highest BCUT2D eigenvalue weighted by Crippen LogP contribution is 2.23. The molecule has 0 saturated carbocycles. The van der Waals surface area contributed by atoms with Gasteiger partial charge in [0.1, 0.15) is 5.82 Å². The number of carbonyl (C=O) groups excluding carboxylic acids is 1. The summed E-state index contributed by atoms with van der Waals surface area (Å²) in [6.45, 7) is 1.50. The average molecular weight is 279 g/mol. The van der Waals surface area contributed by atoms with Gasteiger partial charge in [-0.25, -0.2) is 4.39 Å². The summed E-state index contributed by atoms with van der Waals surface area (Å²) in [6.07, 6.45) is 1.27. The Bertz CT molecular complexity index is 688. The van der Waals surface area contributed by atoms with E-state index in [9.17, 15) is 9.18 Å². The fraction of sp³-hybridized carbons (Fsp3) is 0.0769. The predicted molar refractivity (Wildman–Crippen MR) is 67.5 cm³/mol. The van der Waals surface area contributed by atoms with Crippen LogP contribution in [0.3, 0.4) is 0 Å². The second-order valence-electron chi connectivity index (χ2n) is 3.80. The van der Waals surface area contributed by atoms with Gasteiger partial charge in [0.05, 0.1) is 23.5 Å². The second-order valence-corrected chi connectivity index (χ2v) is 4.15. The number of carbonyl (C=O) groups is 1. The second kappa shape index (κ2) is 5.12. The van der Waals surface area contributed by atoms with Crippen molar-refractivity contribution >= 4 is 23.2 Å². The maximum Gasteiger partial charge on any atom is 0.260 e. The number of benzene rings is 1. The summed E-state index contributed by atoms with van der Waals surface area (Å²) in [5.74, 6) is -1.09. The van der Waals surface area contributed by atoms with Crippen LogP contribution >= 0.6 is 11.6 Å². The van der Waals surface area contributed by atoms with Gasteiger partial charge < -0.3 is 9.73 Å². The molecule has 0 spiro atoms. The van der Waals surface area contributed by atoms with E-state index in [-0.39, 0.29) is 27.6 Å². The number of amides is 1. The monoisotopic (exact) mass is 278 g/mol. The van der Waals surface area contributed by atoms with Crippen molar-refractivity contribution < 1.29 is 13.6 Å². The van der Waals surface area contributed by atoms with Crippen LogP contribution in [0.4, 0.5) is 10.1 Å². The maximum atomic E-state index is 13.6. The predicted octanol–water partition coefficient (Wildman–Crippen LogP) is 3.50. The Morgan fingerprint density at radius 3 is 2.84 bits per heavy atom. The summed E-state index contributed by atoms with van der Waals surface area (Å²) in [4.78, 5) is 11.9. The standard InChI is InChI=1S/C13H8ClFN2O2/c1-7-10(15)4-8(6-16)5-11(7)17-13(18)9-2-3-19-12(9)14/h2-5H,1H3,(H,17,18). The minimum atomic E-state index is -0.562. The fourth-order valence-electron chi connectivity index (χ4n) is 1.52. The molecule has 1 amide bonds. The molecule has 0 aliphatic carbocycles. The molecule has 0 aliphatic rings. The highest BCUT2D eigenvalue weighted by molar-refractivity contribution is 6.32. The lowest BCUT2D eigenvalue weighted by atomic mass is 10.1. The smallest absolute Gasteiger partial charge is 0.260 e. The minimum absolute atomic E-state index is 0.0490. The molecule has 2 rings (SSSR count). The molecule has 0 bridgehead atoms. The van der Waals surface area contributed by atoms with Gasteiger partial charge in [-0.1, -0.05) is 0 Å². The summed E-state index contributed by atoms with van der Waals surface area (Å²) in [5.41, 5.74) is 0.728. The number of anilines is 1. The molecule has 0 unspecified atom stereocenters. The van der Waals surface area contributed by atoms with E-state index < -0.39 is 11.7 Å². The zero-order valence-corrected chi connectivity index (χ0v) is 10.6. The summed E-state index contributed by atoms with van der Waals surface area (Å²) < 4.78 is 18.4. The fourth-order valence-corrected chi connectivity index (χ4v) is 1.72. The molecular formula is C13H8ClFN2O2. The Kier molecular flexibility index (Phi) is 3.54. The average Bonchev–Trinajstić information content (AvgIpc) is 2.80. The van der Waals surface area contributed by atoms with Crippen LogP contribution < -0.4 is 5.32 Å². The molecule has 0 fully saturated rings. The van der Waals surface area contributed by atoms with Gasteiger partial charge in [-0.15, -0.1) is 0 Å². The van der Waals surface area contributed by atoms with Crippen molar-refractivity contribution in [2.24, 2.45) is 0 Å². The van der Waals surface area contributed by atoms with Crippen molar-refractivity contribution in [3.63, 3.8) is 0 Å². The number of nitriles is 1. The Balaban J connectivity index is 2.34. The molecule has 1 N–H and O–H groups in total. The Labute approximate surface area is 113 Å². The van der Waals surface area contributed by atoms with Crippen LogP contribution in [0.2, 0.25) is 5.22 Å². The first-order valence-corrected chi connectivity index (χ1v) is 5.65. The van der Waals surface area contributed by atoms with E-state index >= 15 is 0 Å². The Morgan fingerprint density at radius 1 is 1.53 bits per heavy atom. The molecule has 4 nitrogen and oxygen atoms in total. The highest BCUT2D eigenvalue weighted by Gasteiger charge is 2.15. The van der Waals surface area contributed by atoms with E-state index in [0.29, 0.717) is 0 Å². The topological polar surface area (TPSA) is 66.0 Å². The van der Waals surface area contributed by atoms with E-state index in [4.69, 9.17) is 21.3 Å². The van der Waals surface area contributed by atoms with Gasteiger partial charge in [-0.05, 0) is 36.7 Å². The Hall–Kier alpha value is -2.32. The first kappa shape index (κ1) is 13.1. The molecule has 6 heteroatoms. The molecule has 1 heterocycles. The van der Waals surface area contributed by atoms with E-state index in [1.165, 1.54) is 25.3 Å². The van der Waals surface area contributed by atoms with Crippen LogP contribution in [0.25, 0.3) is 0 Å². The summed E-state index contributed by atoms with van der Waals surface area (Å²) in [6, 6.07) is 5.72. The van der Waals surface area contributed by atoms with Crippen molar-refractivity contribution in [2.45, 2.75) is 6.92 Å². The maximum absolute atomic E-state index is 13.6. The van der Waals surface area contributed by atoms with E-state index in [1.54, 1.807) is 0 Å². The van der Waals surface area contributed by atoms with Crippen molar-refractivity contribution in [3.05, 3.63) is 52.2 Å². The van der Waals surface area contributed by atoms with Crippen LogP contribution in [-0.2, 0) is 0 Å². The number of hydrogen-bond donors (Lipinski definition) is 1. The first-order valence-electron chi connectivity index (χ1n) is 5.27. The van der Waals surface area contributed by atoms with E-state index in [2.05, 4.69) is 5.32 Å². The van der Waals surface area contributed by atoms with Gasteiger partial charge in [-0.3, -0.25) is 4.79 Å². The zero-order chi connectivity index (χ0) is 14.0. The minimum Gasteiger partial charge on any atom is -0.452 e. The third kappa shape index (κ3) is 2.59. The first-order chi connectivity index (χ1) is 9.02. The van der Waals surface area contributed by atoms with Gasteiger partial charge in [0.25, 0.3) is 5.91 Å². The van der Waals surface area contributed by atoms with Gasteiger partial charge >= 0.3 is 0 Å². The number of nitrogens with zero attached hydrogens (tertiary/aromatic N) is 1. The van der Waals surface area contributed by atoms with Crippen molar-refractivity contribution in [3.8, 4) is 6.07 Å². The van der Waals surface area contributed by atoms with E-state index in [1.807, 2.05) is 6.07 Å². The van der Waals surface area contributed by atoms with Crippen LogP contribution in [0.1, 0.15) is 21.5 Å². The van der Waals surface area contributed by atoms with Gasteiger partial charge in [-0.2, -0.15) is 5.26 Å². The molecule has 0 radical (unpaired) electrons. The third-order valence-corrected chi connectivity index (χ3v) is 2.88.